The average molecular weight is 282 g/mol. The van der Waals surface area contributed by atoms with Gasteiger partial charge < -0.3 is 5.32 Å². The van der Waals surface area contributed by atoms with E-state index in [1.807, 2.05) is 0 Å². The zero-order valence-corrected chi connectivity index (χ0v) is 11.7. The zero-order valence-electron chi connectivity index (χ0n) is 10.1. The molecule has 2 heteroatoms. The predicted octanol–water partition coefficient (Wildman–Crippen LogP) is 4.21. The molecule has 1 N–H and O–H groups in total. The van der Waals surface area contributed by atoms with E-state index in [0.29, 0.717) is 6.04 Å². The fourth-order valence-corrected chi connectivity index (χ4v) is 2.72. The van der Waals surface area contributed by atoms with Gasteiger partial charge in [0, 0.05) is 10.5 Å². The highest BCUT2D eigenvalue weighted by atomic mass is 79.9. The van der Waals surface area contributed by atoms with E-state index in [1.54, 1.807) is 0 Å². The smallest absolute Gasteiger partial charge is 0.0351 e. The molecule has 0 bridgehead atoms. The fourth-order valence-electron chi connectivity index (χ4n) is 2.25. The summed E-state index contributed by atoms with van der Waals surface area (Å²) in [7, 11) is 0. The molecule has 0 heterocycles. The maximum Gasteiger partial charge on any atom is 0.0351 e. The lowest BCUT2D eigenvalue weighted by Crippen LogP contribution is -2.24. The lowest BCUT2D eigenvalue weighted by Gasteiger charge is -2.20. The van der Waals surface area contributed by atoms with Crippen LogP contribution in [0.15, 0.2) is 22.7 Å². The van der Waals surface area contributed by atoms with E-state index in [1.165, 1.54) is 34.9 Å². The molecule has 0 aliphatic heterocycles. The van der Waals surface area contributed by atoms with Crippen LogP contribution in [0.3, 0.4) is 0 Å². The summed E-state index contributed by atoms with van der Waals surface area (Å²) < 4.78 is 1.18. The van der Waals surface area contributed by atoms with Crippen LogP contribution < -0.4 is 5.32 Å². The van der Waals surface area contributed by atoms with Crippen LogP contribution in [-0.2, 0) is 0 Å². The van der Waals surface area contributed by atoms with Gasteiger partial charge in [-0.3, -0.25) is 0 Å². The minimum atomic E-state index is 0.577. The van der Waals surface area contributed by atoms with Crippen LogP contribution in [0.5, 0.6) is 0 Å². The lowest BCUT2D eigenvalue weighted by molar-refractivity contribution is 0.479. The van der Waals surface area contributed by atoms with Gasteiger partial charge in [-0.1, -0.05) is 28.9 Å². The molecule has 1 fully saturated rings. The van der Waals surface area contributed by atoms with Gasteiger partial charge in [0.25, 0.3) is 0 Å². The Morgan fingerprint density at radius 3 is 2.75 bits per heavy atom. The molecule has 0 saturated heterocycles. The van der Waals surface area contributed by atoms with Gasteiger partial charge in [0.15, 0.2) is 0 Å². The Bertz CT molecular complexity index is 358. The van der Waals surface area contributed by atoms with E-state index in [-0.39, 0.29) is 0 Å². The first-order chi connectivity index (χ1) is 7.72. The molecule has 1 unspecified atom stereocenters. The molecule has 0 radical (unpaired) electrons. The normalized spacial score (nSPS) is 17.4. The molecule has 0 aromatic heterocycles. The van der Waals surface area contributed by atoms with Crippen molar-refractivity contribution in [3.05, 3.63) is 33.8 Å². The maximum absolute atomic E-state index is 3.69. The molecule has 1 saturated carbocycles. The minimum Gasteiger partial charge on any atom is -0.310 e. The monoisotopic (exact) mass is 281 g/mol. The second-order valence-electron chi connectivity index (χ2n) is 4.77. The van der Waals surface area contributed by atoms with Crippen molar-refractivity contribution in [1.82, 2.24) is 5.32 Å². The lowest BCUT2D eigenvalue weighted by atomic mass is 9.97. The molecule has 2 rings (SSSR count). The van der Waals surface area contributed by atoms with Gasteiger partial charge in [0.1, 0.15) is 0 Å². The first-order valence-corrected chi connectivity index (χ1v) is 7.01. The van der Waals surface area contributed by atoms with Crippen molar-refractivity contribution in [1.29, 1.82) is 0 Å². The molecule has 1 aliphatic carbocycles. The Morgan fingerprint density at radius 2 is 2.19 bits per heavy atom. The summed E-state index contributed by atoms with van der Waals surface area (Å²) in [6.07, 6.45) is 3.98. The standard InChI is InChI=1S/C14H20BrN/c1-3-8-16-14(11-4-5-11)13-7-6-12(15)9-10(13)2/h6-7,9,11,14,16H,3-5,8H2,1-2H3. The van der Waals surface area contributed by atoms with Crippen molar-refractivity contribution in [3.8, 4) is 0 Å². The Labute approximate surface area is 107 Å². The first-order valence-electron chi connectivity index (χ1n) is 6.21. The summed E-state index contributed by atoms with van der Waals surface area (Å²) in [6.45, 7) is 5.56. The van der Waals surface area contributed by atoms with Crippen molar-refractivity contribution < 1.29 is 0 Å². The fraction of sp³-hybridized carbons (Fsp3) is 0.571. The Hall–Kier alpha value is -0.340. The third-order valence-electron chi connectivity index (χ3n) is 3.27. The van der Waals surface area contributed by atoms with Gasteiger partial charge in [-0.2, -0.15) is 0 Å². The van der Waals surface area contributed by atoms with Crippen molar-refractivity contribution in [2.75, 3.05) is 6.54 Å². The quantitative estimate of drug-likeness (QED) is 0.853. The average Bonchev–Trinajstić information content (AvgIpc) is 3.05. The molecule has 0 spiro atoms. The highest BCUT2D eigenvalue weighted by molar-refractivity contribution is 9.10. The van der Waals surface area contributed by atoms with Crippen molar-refractivity contribution >= 4 is 15.9 Å². The topological polar surface area (TPSA) is 12.0 Å². The van der Waals surface area contributed by atoms with Crippen LogP contribution in [0.4, 0.5) is 0 Å². The Balaban J connectivity index is 2.17. The number of aryl methyl sites for hydroxylation is 1. The molecule has 1 aliphatic rings. The number of rotatable bonds is 5. The molecule has 16 heavy (non-hydrogen) atoms. The van der Waals surface area contributed by atoms with Crippen molar-refractivity contribution in [3.63, 3.8) is 0 Å². The van der Waals surface area contributed by atoms with Crippen molar-refractivity contribution in [2.24, 2.45) is 5.92 Å². The van der Waals surface area contributed by atoms with Crippen LogP contribution in [0.1, 0.15) is 43.4 Å². The predicted molar refractivity (Wildman–Crippen MR) is 72.6 cm³/mol. The summed E-state index contributed by atoms with van der Waals surface area (Å²) >= 11 is 3.53. The largest absolute Gasteiger partial charge is 0.310 e. The van der Waals surface area contributed by atoms with Gasteiger partial charge in [-0.25, -0.2) is 0 Å². The third kappa shape index (κ3) is 2.86. The van der Waals surface area contributed by atoms with E-state index in [0.717, 1.165) is 12.5 Å². The molecular weight excluding hydrogens is 262 g/mol. The second kappa shape index (κ2) is 5.33. The molecule has 1 aromatic rings. The zero-order chi connectivity index (χ0) is 11.5. The second-order valence-corrected chi connectivity index (χ2v) is 5.69. The number of hydrogen-bond acceptors (Lipinski definition) is 1. The van der Waals surface area contributed by atoms with E-state index < -0.39 is 0 Å². The highest BCUT2D eigenvalue weighted by Gasteiger charge is 2.32. The molecule has 1 atom stereocenters. The number of hydrogen-bond donors (Lipinski definition) is 1. The van der Waals surface area contributed by atoms with Gasteiger partial charge in [-0.15, -0.1) is 0 Å². The summed E-state index contributed by atoms with van der Waals surface area (Å²) in [4.78, 5) is 0. The Kier molecular flexibility index (Phi) is 4.04. The first kappa shape index (κ1) is 12.1. The van der Waals surface area contributed by atoms with E-state index in [2.05, 4.69) is 53.3 Å². The minimum absolute atomic E-state index is 0.577. The summed E-state index contributed by atoms with van der Waals surface area (Å²) in [5.41, 5.74) is 2.88. The molecular formula is C14H20BrN. The summed E-state index contributed by atoms with van der Waals surface area (Å²) in [5.74, 6) is 0.867. The van der Waals surface area contributed by atoms with Crippen LogP contribution in [-0.4, -0.2) is 6.54 Å². The third-order valence-corrected chi connectivity index (χ3v) is 3.77. The summed E-state index contributed by atoms with van der Waals surface area (Å²) in [5, 5.41) is 3.69. The molecule has 88 valence electrons. The van der Waals surface area contributed by atoms with E-state index >= 15 is 0 Å². The maximum atomic E-state index is 3.69. The van der Waals surface area contributed by atoms with E-state index in [4.69, 9.17) is 0 Å². The van der Waals surface area contributed by atoms with Gasteiger partial charge >= 0.3 is 0 Å². The molecule has 1 nitrogen and oxygen atoms in total. The molecule has 0 amide bonds. The molecule has 1 aromatic carbocycles. The summed E-state index contributed by atoms with van der Waals surface area (Å²) in [6, 6.07) is 7.22. The van der Waals surface area contributed by atoms with Gasteiger partial charge in [0.2, 0.25) is 0 Å². The Morgan fingerprint density at radius 1 is 1.44 bits per heavy atom. The van der Waals surface area contributed by atoms with Gasteiger partial charge in [0.05, 0.1) is 0 Å². The van der Waals surface area contributed by atoms with E-state index in [9.17, 15) is 0 Å². The SMILES string of the molecule is CCCNC(c1ccc(Br)cc1C)C1CC1. The van der Waals surface area contributed by atoms with Crippen LogP contribution in [0.25, 0.3) is 0 Å². The van der Waals surface area contributed by atoms with Crippen LogP contribution in [0.2, 0.25) is 0 Å². The number of halogens is 1. The number of benzene rings is 1. The van der Waals surface area contributed by atoms with Crippen LogP contribution in [0, 0.1) is 12.8 Å². The highest BCUT2D eigenvalue weighted by Crippen LogP contribution is 2.42. The van der Waals surface area contributed by atoms with Crippen molar-refractivity contribution in [2.45, 2.75) is 39.2 Å². The van der Waals surface area contributed by atoms with Gasteiger partial charge in [-0.05, 0) is 61.9 Å². The number of nitrogens with one attached hydrogen (secondary N) is 1. The van der Waals surface area contributed by atoms with Crippen LogP contribution >= 0.6 is 15.9 Å².